The second-order valence-electron chi connectivity index (χ2n) is 7.09. The van der Waals surface area contributed by atoms with Crippen molar-refractivity contribution in [2.45, 2.75) is 49.5 Å². The number of urea groups is 1. The van der Waals surface area contributed by atoms with E-state index in [0.29, 0.717) is 30.6 Å². The molecule has 2 N–H and O–H groups in total. The van der Waals surface area contributed by atoms with Crippen molar-refractivity contribution in [1.29, 1.82) is 0 Å². The van der Waals surface area contributed by atoms with Crippen LogP contribution in [0.15, 0.2) is 28.3 Å². The molecule has 3 amide bonds. The van der Waals surface area contributed by atoms with Crippen molar-refractivity contribution in [2.24, 2.45) is 5.92 Å². The van der Waals surface area contributed by atoms with E-state index in [2.05, 4.69) is 15.6 Å². The number of carbonyl (C=O) groups excluding carboxylic acids is 2. The molecule has 0 aliphatic carbocycles. The second-order valence-corrected chi connectivity index (χ2v) is 10.0. The number of hydrogen-bond donors (Lipinski definition) is 2. The zero-order chi connectivity index (χ0) is 20.6. The molecule has 156 valence electrons. The lowest BCUT2D eigenvalue weighted by molar-refractivity contribution is -0.117. The molecule has 2 heterocycles. The van der Waals surface area contributed by atoms with Crippen molar-refractivity contribution in [3.8, 4) is 0 Å². The Morgan fingerprint density at radius 2 is 1.86 bits per heavy atom. The van der Waals surface area contributed by atoms with Gasteiger partial charge in [-0.1, -0.05) is 38.5 Å². The lowest BCUT2D eigenvalue weighted by atomic mass is 10.2. The SMILES string of the molecule is CC(C)CNC(=O)NC(=O)CSc1ccc(S(=O)(=O)N2CCCCCC2)cn1. The van der Waals surface area contributed by atoms with Crippen LogP contribution in [0.3, 0.4) is 0 Å². The normalized spacial score (nSPS) is 15.8. The molecule has 1 aliphatic heterocycles. The van der Waals surface area contributed by atoms with Crippen LogP contribution < -0.4 is 10.6 Å². The number of carbonyl (C=O) groups is 2. The quantitative estimate of drug-likeness (QED) is 0.645. The van der Waals surface area contributed by atoms with Gasteiger partial charge in [0, 0.05) is 25.8 Å². The van der Waals surface area contributed by atoms with Crippen molar-refractivity contribution in [3.63, 3.8) is 0 Å². The molecule has 2 rings (SSSR count). The molecule has 0 unspecified atom stereocenters. The van der Waals surface area contributed by atoms with Crippen molar-refractivity contribution in [2.75, 3.05) is 25.4 Å². The number of aromatic nitrogens is 1. The van der Waals surface area contributed by atoms with E-state index in [9.17, 15) is 18.0 Å². The summed E-state index contributed by atoms with van der Waals surface area (Å²) in [5.41, 5.74) is 0. The van der Waals surface area contributed by atoms with E-state index < -0.39 is 22.0 Å². The van der Waals surface area contributed by atoms with Crippen LogP contribution in [0, 0.1) is 5.92 Å². The number of pyridine rings is 1. The van der Waals surface area contributed by atoms with Gasteiger partial charge in [0.1, 0.15) is 4.90 Å². The first-order valence-corrected chi connectivity index (χ1v) is 11.9. The Morgan fingerprint density at radius 3 is 2.43 bits per heavy atom. The Bertz CT molecular complexity index is 758. The van der Waals surface area contributed by atoms with E-state index in [1.807, 2.05) is 13.8 Å². The zero-order valence-corrected chi connectivity index (χ0v) is 17.9. The molecule has 1 fully saturated rings. The highest BCUT2D eigenvalue weighted by molar-refractivity contribution is 7.99. The fraction of sp³-hybridized carbons (Fsp3) is 0.611. The summed E-state index contributed by atoms with van der Waals surface area (Å²) in [6.07, 6.45) is 5.19. The molecule has 28 heavy (non-hydrogen) atoms. The molecule has 0 saturated carbocycles. The maximum atomic E-state index is 12.7. The van der Waals surface area contributed by atoms with Crippen molar-refractivity contribution in [1.82, 2.24) is 19.9 Å². The van der Waals surface area contributed by atoms with Crippen LogP contribution in [-0.2, 0) is 14.8 Å². The molecule has 1 saturated heterocycles. The summed E-state index contributed by atoms with van der Waals surface area (Å²) in [5, 5.41) is 5.37. The van der Waals surface area contributed by atoms with E-state index in [1.165, 1.54) is 16.6 Å². The average Bonchev–Trinajstić information content (AvgIpc) is 2.95. The fourth-order valence-corrected chi connectivity index (χ4v) is 4.78. The number of hydrogen-bond acceptors (Lipinski definition) is 6. The van der Waals surface area contributed by atoms with Crippen LogP contribution in [0.4, 0.5) is 4.79 Å². The van der Waals surface area contributed by atoms with Gasteiger partial charge in [-0.15, -0.1) is 0 Å². The Balaban J connectivity index is 1.86. The molecule has 0 spiro atoms. The molecule has 10 heteroatoms. The van der Waals surface area contributed by atoms with Gasteiger partial charge in [0.25, 0.3) is 0 Å². The molecule has 8 nitrogen and oxygen atoms in total. The van der Waals surface area contributed by atoms with Crippen molar-refractivity contribution >= 4 is 33.7 Å². The molecular formula is C18H28N4O4S2. The Hall–Kier alpha value is -1.65. The molecular weight excluding hydrogens is 400 g/mol. The van der Waals surface area contributed by atoms with Crippen molar-refractivity contribution in [3.05, 3.63) is 18.3 Å². The predicted octanol–water partition coefficient (Wildman–Crippen LogP) is 2.22. The molecule has 1 aromatic rings. The number of nitrogens with one attached hydrogen (secondary N) is 2. The third-order valence-corrected chi connectivity index (χ3v) is 7.01. The third kappa shape index (κ3) is 7.06. The monoisotopic (exact) mass is 428 g/mol. The van der Waals surface area contributed by atoms with Gasteiger partial charge in [0.2, 0.25) is 15.9 Å². The molecule has 1 aromatic heterocycles. The Kier molecular flexibility index (Phi) is 8.71. The van der Waals surface area contributed by atoms with Gasteiger partial charge in [0.15, 0.2) is 0 Å². The Morgan fingerprint density at radius 1 is 1.18 bits per heavy atom. The number of amides is 3. The fourth-order valence-electron chi connectivity index (χ4n) is 2.68. The number of sulfonamides is 1. The standard InChI is InChI=1S/C18H28N4O4S2/c1-14(2)11-20-18(24)21-16(23)13-27-17-8-7-15(12-19-17)28(25,26)22-9-5-3-4-6-10-22/h7-8,12,14H,3-6,9-11,13H2,1-2H3,(H2,20,21,23,24). The summed E-state index contributed by atoms with van der Waals surface area (Å²) in [4.78, 5) is 27.7. The molecule has 0 radical (unpaired) electrons. The lowest BCUT2D eigenvalue weighted by Crippen LogP contribution is -2.41. The van der Waals surface area contributed by atoms with E-state index in [0.717, 1.165) is 37.4 Å². The summed E-state index contributed by atoms with van der Waals surface area (Å²) in [6.45, 7) is 5.48. The molecule has 0 bridgehead atoms. The van der Waals surface area contributed by atoms with E-state index in [4.69, 9.17) is 0 Å². The topological polar surface area (TPSA) is 108 Å². The summed E-state index contributed by atoms with van der Waals surface area (Å²) in [5.74, 6) is -0.127. The third-order valence-electron chi connectivity index (χ3n) is 4.19. The van der Waals surface area contributed by atoms with Gasteiger partial charge in [-0.25, -0.2) is 18.2 Å². The van der Waals surface area contributed by atoms with Crippen LogP contribution in [0.25, 0.3) is 0 Å². The van der Waals surface area contributed by atoms with Crippen molar-refractivity contribution < 1.29 is 18.0 Å². The van der Waals surface area contributed by atoms with Gasteiger partial charge >= 0.3 is 6.03 Å². The first-order chi connectivity index (χ1) is 13.3. The van der Waals surface area contributed by atoms with Crippen LogP contribution in [0.2, 0.25) is 0 Å². The number of rotatable bonds is 7. The highest BCUT2D eigenvalue weighted by Gasteiger charge is 2.25. The maximum Gasteiger partial charge on any atom is 0.321 e. The second kappa shape index (κ2) is 10.8. The maximum absolute atomic E-state index is 12.7. The van der Waals surface area contributed by atoms with Gasteiger partial charge < -0.3 is 5.32 Å². The lowest BCUT2D eigenvalue weighted by Gasteiger charge is -2.19. The predicted molar refractivity (Wildman–Crippen MR) is 109 cm³/mol. The van der Waals surface area contributed by atoms with Crippen LogP contribution in [0.5, 0.6) is 0 Å². The molecule has 0 aromatic carbocycles. The molecule has 0 atom stereocenters. The summed E-state index contributed by atoms with van der Waals surface area (Å²) >= 11 is 1.14. The number of nitrogens with zero attached hydrogens (tertiary/aromatic N) is 2. The molecule has 1 aliphatic rings. The minimum atomic E-state index is -3.53. The minimum Gasteiger partial charge on any atom is -0.338 e. The average molecular weight is 429 g/mol. The summed E-state index contributed by atoms with van der Waals surface area (Å²) < 4.78 is 27.0. The van der Waals surface area contributed by atoms with Gasteiger partial charge in [0.05, 0.1) is 10.8 Å². The zero-order valence-electron chi connectivity index (χ0n) is 16.3. The summed E-state index contributed by atoms with van der Waals surface area (Å²) in [6, 6.07) is 2.58. The first-order valence-electron chi connectivity index (χ1n) is 9.45. The van der Waals surface area contributed by atoms with Gasteiger partial charge in [-0.2, -0.15) is 4.31 Å². The smallest absolute Gasteiger partial charge is 0.321 e. The van der Waals surface area contributed by atoms with Crippen LogP contribution in [0.1, 0.15) is 39.5 Å². The Labute approximate surface area is 170 Å². The van der Waals surface area contributed by atoms with E-state index in [-0.39, 0.29) is 10.6 Å². The first kappa shape index (κ1) is 22.6. The highest BCUT2D eigenvalue weighted by atomic mass is 32.2. The van der Waals surface area contributed by atoms with E-state index >= 15 is 0 Å². The largest absolute Gasteiger partial charge is 0.338 e. The van der Waals surface area contributed by atoms with Crippen LogP contribution in [-0.4, -0.2) is 55.0 Å². The minimum absolute atomic E-state index is 0.0142. The van der Waals surface area contributed by atoms with E-state index in [1.54, 1.807) is 6.07 Å². The highest BCUT2D eigenvalue weighted by Crippen LogP contribution is 2.22. The van der Waals surface area contributed by atoms with Gasteiger partial charge in [-0.05, 0) is 30.9 Å². The number of imide groups is 1. The summed E-state index contributed by atoms with van der Waals surface area (Å²) in [7, 11) is -3.53. The van der Waals surface area contributed by atoms with Gasteiger partial charge in [-0.3, -0.25) is 10.1 Å². The number of thioether (sulfide) groups is 1. The van der Waals surface area contributed by atoms with Crippen LogP contribution >= 0.6 is 11.8 Å².